The van der Waals surface area contributed by atoms with Gasteiger partial charge in [-0.15, -0.1) is 0 Å². The van der Waals surface area contributed by atoms with Crippen molar-refractivity contribution >= 4 is 12.1 Å². The van der Waals surface area contributed by atoms with E-state index in [9.17, 15) is 9.59 Å². The third-order valence-electron chi connectivity index (χ3n) is 3.27. The normalized spacial score (nSPS) is 23.3. The first-order chi connectivity index (χ1) is 9.21. The molecule has 0 radical (unpaired) electrons. The predicted octanol–water partition coefficient (Wildman–Crippen LogP) is 2.08. The van der Waals surface area contributed by atoms with Crippen LogP contribution in [0.2, 0.25) is 0 Å². The van der Waals surface area contributed by atoms with Gasteiger partial charge in [-0.1, -0.05) is 13.3 Å². The Morgan fingerprint density at radius 1 is 1.35 bits per heavy atom. The van der Waals surface area contributed by atoms with Gasteiger partial charge < -0.3 is 20.7 Å². The molecular weight excluding hydrogens is 258 g/mol. The van der Waals surface area contributed by atoms with E-state index >= 15 is 0 Å². The number of amides is 3. The van der Waals surface area contributed by atoms with E-state index in [1.807, 2.05) is 20.8 Å². The molecule has 6 nitrogen and oxygen atoms in total. The van der Waals surface area contributed by atoms with Crippen molar-refractivity contribution in [1.82, 2.24) is 10.2 Å². The lowest BCUT2D eigenvalue weighted by atomic mass is 9.91. The molecule has 3 amide bonds. The zero-order chi connectivity index (χ0) is 15.3. The molecule has 1 rings (SSSR count). The number of nitrogens with two attached hydrogens (primary N) is 1. The zero-order valence-corrected chi connectivity index (χ0v) is 12.9. The third kappa shape index (κ3) is 5.67. The minimum Gasteiger partial charge on any atom is -0.444 e. The number of urea groups is 1. The molecule has 1 saturated heterocycles. The molecule has 1 heterocycles. The standard InChI is InChI=1S/C14H27N3O3/c1-5-6-10-7-11(9-17(8-10)12(15)18)16-13(19)20-14(2,3)4/h10-11H,5-9H2,1-4H3,(H2,15,18)(H,16,19). The number of alkyl carbamates (subject to hydrolysis) is 1. The number of likely N-dealkylation sites (tertiary alicyclic amines) is 1. The van der Waals surface area contributed by atoms with Gasteiger partial charge in [0.2, 0.25) is 0 Å². The molecule has 0 aromatic rings. The third-order valence-corrected chi connectivity index (χ3v) is 3.27. The monoisotopic (exact) mass is 285 g/mol. The highest BCUT2D eigenvalue weighted by Gasteiger charge is 2.30. The van der Waals surface area contributed by atoms with Gasteiger partial charge in [-0.25, -0.2) is 9.59 Å². The van der Waals surface area contributed by atoms with Gasteiger partial charge in [0, 0.05) is 13.1 Å². The molecule has 0 aliphatic carbocycles. The molecule has 6 heteroatoms. The number of nitrogens with zero attached hydrogens (tertiary/aromatic N) is 1. The highest BCUT2D eigenvalue weighted by atomic mass is 16.6. The summed E-state index contributed by atoms with van der Waals surface area (Å²) >= 11 is 0. The van der Waals surface area contributed by atoms with Crippen molar-refractivity contribution < 1.29 is 14.3 Å². The number of nitrogens with one attached hydrogen (secondary N) is 1. The van der Waals surface area contributed by atoms with E-state index in [-0.39, 0.29) is 6.04 Å². The summed E-state index contributed by atoms with van der Waals surface area (Å²) in [5, 5.41) is 2.84. The molecule has 3 N–H and O–H groups in total. The molecular formula is C14H27N3O3. The fourth-order valence-corrected chi connectivity index (χ4v) is 2.58. The van der Waals surface area contributed by atoms with Crippen LogP contribution in [0.3, 0.4) is 0 Å². The highest BCUT2D eigenvalue weighted by molar-refractivity contribution is 5.72. The van der Waals surface area contributed by atoms with Crippen LogP contribution in [-0.2, 0) is 4.74 Å². The summed E-state index contributed by atoms with van der Waals surface area (Å²) < 4.78 is 5.25. The van der Waals surface area contributed by atoms with Crippen LogP contribution < -0.4 is 11.1 Å². The van der Waals surface area contributed by atoms with Crippen LogP contribution >= 0.6 is 0 Å². The van der Waals surface area contributed by atoms with Gasteiger partial charge >= 0.3 is 12.1 Å². The fraction of sp³-hybridized carbons (Fsp3) is 0.857. The van der Waals surface area contributed by atoms with Crippen molar-refractivity contribution in [3.8, 4) is 0 Å². The predicted molar refractivity (Wildman–Crippen MR) is 77.3 cm³/mol. The molecule has 1 fully saturated rings. The Labute approximate surface area is 121 Å². The Morgan fingerprint density at radius 3 is 2.50 bits per heavy atom. The molecule has 116 valence electrons. The first-order valence-corrected chi connectivity index (χ1v) is 7.25. The summed E-state index contributed by atoms with van der Waals surface area (Å²) in [5.41, 5.74) is 4.84. The second kappa shape index (κ2) is 6.81. The SMILES string of the molecule is CCCC1CC(NC(=O)OC(C)(C)C)CN(C(N)=O)C1. The highest BCUT2D eigenvalue weighted by Crippen LogP contribution is 2.21. The average Bonchev–Trinajstić information content (AvgIpc) is 2.26. The van der Waals surface area contributed by atoms with Crippen molar-refractivity contribution in [3.63, 3.8) is 0 Å². The molecule has 0 bridgehead atoms. The number of ether oxygens (including phenoxy) is 1. The minimum absolute atomic E-state index is 0.0948. The van der Waals surface area contributed by atoms with Gasteiger partial charge in [0.05, 0.1) is 6.04 Å². The Balaban J connectivity index is 2.58. The van der Waals surface area contributed by atoms with Crippen molar-refractivity contribution in [2.45, 2.75) is 58.6 Å². The van der Waals surface area contributed by atoms with Crippen molar-refractivity contribution in [2.24, 2.45) is 11.7 Å². The lowest BCUT2D eigenvalue weighted by molar-refractivity contribution is 0.0461. The minimum atomic E-state index is -0.523. The average molecular weight is 285 g/mol. The molecule has 20 heavy (non-hydrogen) atoms. The number of carbonyl (C=O) groups excluding carboxylic acids is 2. The molecule has 0 spiro atoms. The maximum atomic E-state index is 11.8. The quantitative estimate of drug-likeness (QED) is 0.832. The second-order valence-corrected chi connectivity index (χ2v) is 6.48. The Bertz CT molecular complexity index is 352. The van der Waals surface area contributed by atoms with Gasteiger partial charge in [0.25, 0.3) is 0 Å². The second-order valence-electron chi connectivity index (χ2n) is 6.48. The number of primary amides is 1. The van der Waals surface area contributed by atoms with E-state index in [0.29, 0.717) is 19.0 Å². The van der Waals surface area contributed by atoms with E-state index in [0.717, 1.165) is 19.3 Å². The van der Waals surface area contributed by atoms with E-state index in [2.05, 4.69) is 12.2 Å². The van der Waals surface area contributed by atoms with Gasteiger partial charge in [0.1, 0.15) is 5.60 Å². The molecule has 2 unspecified atom stereocenters. The summed E-state index contributed by atoms with van der Waals surface area (Å²) in [5.74, 6) is 0.376. The molecule has 2 atom stereocenters. The molecule has 1 aliphatic rings. The molecule has 0 aromatic carbocycles. The van der Waals surface area contributed by atoms with Crippen LogP contribution in [0, 0.1) is 5.92 Å². The van der Waals surface area contributed by atoms with Crippen LogP contribution in [0.5, 0.6) is 0 Å². The van der Waals surface area contributed by atoms with Crippen LogP contribution in [0.25, 0.3) is 0 Å². The maximum Gasteiger partial charge on any atom is 0.407 e. The fourth-order valence-electron chi connectivity index (χ4n) is 2.58. The molecule has 0 saturated carbocycles. The lowest BCUT2D eigenvalue weighted by Gasteiger charge is -2.37. The summed E-state index contributed by atoms with van der Waals surface area (Å²) in [7, 11) is 0. The summed E-state index contributed by atoms with van der Waals surface area (Å²) in [6, 6.07) is -0.524. The maximum absolute atomic E-state index is 11.8. The molecule has 0 aromatic heterocycles. The summed E-state index contributed by atoms with van der Waals surface area (Å²) in [6.07, 6.45) is 2.49. The van der Waals surface area contributed by atoms with E-state index in [1.54, 1.807) is 4.90 Å². The zero-order valence-electron chi connectivity index (χ0n) is 12.9. The van der Waals surface area contributed by atoms with Gasteiger partial charge in [0.15, 0.2) is 0 Å². The van der Waals surface area contributed by atoms with Crippen molar-refractivity contribution in [3.05, 3.63) is 0 Å². The van der Waals surface area contributed by atoms with E-state index in [4.69, 9.17) is 10.5 Å². The first-order valence-electron chi connectivity index (χ1n) is 7.25. The van der Waals surface area contributed by atoms with Gasteiger partial charge in [-0.05, 0) is 39.5 Å². The van der Waals surface area contributed by atoms with E-state index in [1.165, 1.54) is 0 Å². The van der Waals surface area contributed by atoms with Crippen molar-refractivity contribution in [1.29, 1.82) is 0 Å². The number of rotatable bonds is 3. The van der Waals surface area contributed by atoms with Gasteiger partial charge in [-0.3, -0.25) is 0 Å². The van der Waals surface area contributed by atoms with Crippen LogP contribution in [0.1, 0.15) is 47.0 Å². The Kier molecular flexibility index (Phi) is 5.65. The van der Waals surface area contributed by atoms with E-state index < -0.39 is 17.7 Å². The Morgan fingerprint density at radius 2 is 2.00 bits per heavy atom. The summed E-state index contributed by atoms with van der Waals surface area (Å²) in [6.45, 7) is 8.71. The molecule has 1 aliphatic heterocycles. The topological polar surface area (TPSA) is 84.7 Å². The number of carbonyl (C=O) groups is 2. The van der Waals surface area contributed by atoms with Gasteiger partial charge in [-0.2, -0.15) is 0 Å². The van der Waals surface area contributed by atoms with Crippen LogP contribution in [-0.4, -0.2) is 41.8 Å². The summed E-state index contributed by atoms with van der Waals surface area (Å²) in [4.78, 5) is 24.8. The largest absolute Gasteiger partial charge is 0.444 e. The smallest absolute Gasteiger partial charge is 0.407 e. The van der Waals surface area contributed by atoms with Crippen LogP contribution in [0.15, 0.2) is 0 Å². The number of hydrogen-bond acceptors (Lipinski definition) is 3. The number of piperidine rings is 1. The number of hydrogen-bond donors (Lipinski definition) is 2. The Hall–Kier alpha value is -1.46. The first kappa shape index (κ1) is 16.6. The van der Waals surface area contributed by atoms with Crippen molar-refractivity contribution in [2.75, 3.05) is 13.1 Å². The lowest BCUT2D eigenvalue weighted by Crippen LogP contribution is -2.54. The van der Waals surface area contributed by atoms with Crippen LogP contribution in [0.4, 0.5) is 9.59 Å².